The van der Waals surface area contributed by atoms with Crippen LogP contribution in [0.25, 0.3) is 0 Å². The third kappa shape index (κ3) is 4.81. The largest absolute Gasteiger partial charge is 0.491 e. The second-order valence-corrected chi connectivity index (χ2v) is 6.51. The number of nitrogens with zero attached hydrogens (tertiary/aromatic N) is 1. The van der Waals surface area contributed by atoms with E-state index in [0.717, 1.165) is 44.3 Å². The van der Waals surface area contributed by atoms with Crippen molar-refractivity contribution in [2.75, 3.05) is 39.5 Å². The quantitative estimate of drug-likeness (QED) is 0.658. The topological polar surface area (TPSA) is 59.0 Å². The van der Waals surface area contributed by atoms with Crippen LogP contribution in [0.1, 0.15) is 49.9 Å². The van der Waals surface area contributed by atoms with E-state index in [4.69, 9.17) is 14.6 Å². The van der Waals surface area contributed by atoms with Gasteiger partial charge in [-0.25, -0.2) is 0 Å². The minimum absolute atomic E-state index is 0.0202. The number of hydrogen-bond donors (Lipinski definition) is 1. The van der Waals surface area contributed by atoms with Gasteiger partial charge in [-0.15, -0.1) is 0 Å². The molecule has 1 saturated heterocycles. The van der Waals surface area contributed by atoms with Crippen molar-refractivity contribution in [3.8, 4) is 5.75 Å². The van der Waals surface area contributed by atoms with Gasteiger partial charge in [0.25, 0.3) is 0 Å². The first kappa shape index (κ1) is 19.9. The van der Waals surface area contributed by atoms with Crippen LogP contribution in [-0.2, 0) is 4.74 Å². The summed E-state index contributed by atoms with van der Waals surface area (Å²) in [4.78, 5) is 15.8. The Kier molecular flexibility index (Phi) is 7.88. The lowest BCUT2D eigenvalue weighted by atomic mass is 9.80. The predicted octanol–water partition coefficient (Wildman–Crippen LogP) is 2.91. The Balaban J connectivity index is 2.23. The third-order valence-corrected chi connectivity index (χ3v) is 5.04. The van der Waals surface area contributed by atoms with Crippen molar-refractivity contribution < 1.29 is 19.4 Å². The van der Waals surface area contributed by atoms with E-state index in [2.05, 4.69) is 18.7 Å². The lowest BCUT2D eigenvalue weighted by Gasteiger charge is -2.44. The highest BCUT2D eigenvalue weighted by molar-refractivity contribution is 6.03. The highest BCUT2D eigenvalue weighted by Crippen LogP contribution is 2.32. The van der Waals surface area contributed by atoms with Crippen LogP contribution in [0.15, 0.2) is 24.3 Å². The zero-order chi connectivity index (χ0) is 18.1. The Labute approximate surface area is 150 Å². The van der Waals surface area contributed by atoms with Crippen LogP contribution in [-0.4, -0.2) is 60.8 Å². The standard InChI is InChI=1S/C20H31NO4/c1-3-5-10-20(4-2,21-11-14-24-15-12-21)19(23)17-6-8-18(9-7-17)25-16-13-22/h6-9,22H,3-5,10-16H2,1-2H3. The van der Waals surface area contributed by atoms with Gasteiger partial charge in [-0.1, -0.05) is 26.7 Å². The average molecular weight is 349 g/mol. The molecule has 140 valence electrons. The molecule has 1 atom stereocenters. The molecule has 0 aliphatic carbocycles. The first-order valence-corrected chi connectivity index (χ1v) is 9.39. The number of unbranched alkanes of at least 4 members (excludes halogenated alkanes) is 1. The maximum Gasteiger partial charge on any atom is 0.183 e. The average Bonchev–Trinajstić information content (AvgIpc) is 2.68. The summed E-state index contributed by atoms with van der Waals surface area (Å²) in [6.07, 6.45) is 3.79. The molecule has 0 aromatic heterocycles. The molecule has 1 aromatic rings. The van der Waals surface area contributed by atoms with Crippen LogP contribution in [0.4, 0.5) is 0 Å². The van der Waals surface area contributed by atoms with Crippen LogP contribution in [0, 0.1) is 0 Å². The minimum Gasteiger partial charge on any atom is -0.491 e. The van der Waals surface area contributed by atoms with Gasteiger partial charge in [0.15, 0.2) is 5.78 Å². The molecule has 1 heterocycles. The minimum atomic E-state index is -0.451. The van der Waals surface area contributed by atoms with Crippen molar-refractivity contribution in [2.45, 2.75) is 45.1 Å². The number of ether oxygens (including phenoxy) is 2. The SMILES string of the molecule is CCCCC(CC)(C(=O)c1ccc(OCCO)cc1)N1CCOCC1. The number of morpholine rings is 1. The van der Waals surface area contributed by atoms with Gasteiger partial charge >= 0.3 is 0 Å². The molecule has 0 saturated carbocycles. The van der Waals surface area contributed by atoms with E-state index < -0.39 is 5.54 Å². The van der Waals surface area contributed by atoms with E-state index in [0.29, 0.717) is 19.0 Å². The van der Waals surface area contributed by atoms with Crippen molar-refractivity contribution >= 4 is 5.78 Å². The Morgan fingerprint density at radius 2 is 1.92 bits per heavy atom. The van der Waals surface area contributed by atoms with E-state index in [1.54, 1.807) is 0 Å². The molecular weight excluding hydrogens is 318 g/mol. The number of ketones is 1. The summed E-state index contributed by atoms with van der Waals surface area (Å²) >= 11 is 0. The molecule has 1 fully saturated rings. The smallest absolute Gasteiger partial charge is 0.183 e. The molecule has 1 unspecified atom stereocenters. The molecule has 1 aromatic carbocycles. The van der Waals surface area contributed by atoms with E-state index in [1.165, 1.54) is 0 Å². The number of benzene rings is 1. The van der Waals surface area contributed by atoms with Gasteiger partial charge in [0.05, 0.1) is 25.4 Å². The number of aliphatic hydroxyl groups excluding tert-OH is 1. The van der Waals surface area contributed by atoms with Crippen LogP contribution >= 0.6 is 0 Å². The summed E-state index contributed by atoms with van der Waals surface area (Å²) in [5, 5.41) is 8.84. The molecule has 0 radical (unpaired) electrons. The van der Waals surface area contributed by atoms with Gasteiger partial charge in [0.1, 0.15) is 12.4 Å². The van der Waals surface area contributed by atoms with Gasteiger partial charge in [0.2, 0.25) is 0 Å². The van der Waals surface area contributed by atoms with Gasteiger partial charge in [-0.2, -0.15) is 0 Å². The molecule has 2 rings (SSSR count). The first-order chi connectivity index (χ1) is 12.2. The highest BCUT2D eigenvalue weighted by atomic mass is 16.5. The monoisotopic (exact) mass is 349 g/mol. The van der Waals surface area contributed by atoms with Crippen LogP contribution in [0.2, 0.25) is 0 Å². The number of rotatable bonds is 10. The summed E-state index contributed by atoms with van der Waals surface area (Å²) in [6, 6.07) is 7.29. The van der Waals surface area contributed by atoms with Gasteiger partial charge < -0.3 is 14.6 Å². The second kappa shape index (κ2) is 9.90. The van der Waals surface area contributed by atoms with E-state index in [9.17, 15) is 4.79 Å². The fourth-order valence-electron chi connectivity index (χ4n) is 3.57. The molecule has 0 amide bonds. The van der Waals surface area contributed by atoms with Crippen molar-refractivity contribution in [1.29, 1.82) is 0 Å². The highest BCUT2D eigenvalue weighted by Gasteiger charge is 2.42. The molecule has 5 nitrogen and oxygen atoms in total. The maximum atomic E-state index is 13.5. The molecule has 1 aliphatic rings. The van der Waals surface area contributed by atoms with E-state index in [-0.39, 0.29) is 19.0 Å². The number of carbonyl (C=O) groups is 1. The lowest BCUT2D eigenvalue weighted by molar-refractivity contribution is -0.0195. The summed E-state index contributed by atoms with van der Waals surface area (Å²) < 4.78 is 10.9. The Morgan fingerprint density at radius 3 is 2.48 bits per heavy atom. The lowest BCUT2D eigenvalue weighted by Crippen LogP contribution is -2.58. The summed E-state index contributed by atoms with van der Waals surface area (Å²) in [6.45, 7) is 7.51. The number of carbonyl (C=O) groups excluding carboxylic acids is 1. The molecule has 5 heteroatoms. The molecule has 1 N–H and O–H groups in total. The molecule has 0 spiro atoms. The first-order valence-electron chi connectivity index (χ1n) is 9.39. The maximum absolute atomic E-state index is 13.5. The third-order valence-electron chi connectivity index (χ3n) is 5.04. The van der Waals surface area contributed by atoms with E-state index in [1.807, 2.05) is 24.3 Å². The summed E-state index contributed by atoms with van der Waals surface area (Å²) in [5.74, 6) is 0.867. The van der Waals surface area contributed by atoms with Gasteiger partial charge in [-0.05, 0) is 37.1 Å². The Bertz CT molecular complexity index is 525. The predicted molar refractivity (Wildman–Crippen MR) is 98.3 cm³/mol. The van der Waals surface area contributed by atoms with Crippen LogP contribution < -0.4 is 4.74 Å². The van der Waals surface area contributed by atoms with Crippen LogP contribution in [0.3, 0.4) is 0 Å². The fraction of sp³-hybridized carbons (Fsp3) is 0.650. The normalized spacial score (nSPS) is 17.9. The van der Waals surface area contributed by atoms with E-state index >= 15 is 0 Å². The summed E-state index contributed by atoms with van der Waals surface area (Å²) in [5.41, 5.74) is 0.272. The van der Waals surface area contributed by atoms with Gasteiger partial charge in [-0.3, -0.25) is 9.69 Å². The Hall–Kier alpha value is -1.43. The molecule has 1 aliphatic heterocycles. The molecule has 0 bridgehead atoms. The zero-order valence-corrected chi connectivity index (χ0v) is 15.5. The molecular formula is C20H31NO4. The number of aliphatic hydroxyl groups is 1. The zero-order valence-electron chi connectivity index (χ0n) is 15.5. The number of hydrogen-bond acceptors (Lipinski definition) is 5. The van der Waals surface area contributed by atoms with Gasteiger partial charge in [0, 0.05) is 18.7 Å². The molecule has 25 heavy (non-hydrogen) atoms. The van der Waals surface area contributed by atoms with Crippen molar-refractivity contribution in [3.63, 3.8) is 0 Å². The second-order valence-electron chi connectivity index (χ2n) is 6.51. The van der Waals surface area contributed by atoms with Crippen LogP contribution in [0.5, 0.6) is 5.75 Å². The van der Waals surface area contributed by atoms with Crippen molar-refractivity contribution in [2.24, 2.45) is 0 Å². The van der Waals surface area contributed by atoms with Crippen molar-refractivity contribution in [3.05, 3.63) is 29.8 Å². The van der Waals surface area contributed by atoms with Crippen molar-refractivity contribution in [1.82, 2.24) is 4.90 Å². The fourth-order valence-corrected chi connectivity index (χ4v) is 3.57. The Morgan fingerprint density at radius 1 is 1.24 bits per heavy atom. The summed E-state index contributed by atoms with van der Waals surface area (Å²) in [7, 11) is 0. The number of Topliss-reactive ketones (excluding diaryl/α,β-unsaturated/α-hetero) is 1.